The summed E-state index contributed by atoms with van der Waals surface area (Å²) < 4.78 is 1.14. The maximum absolute atomic E-state index is 9.05. The third-order valence-electron chi connectivity index (χ3n) is 1.95. The fourth-order valence-electron chi connectivity index (χ4n) is 1.03. The molecular formula is C10H16BrNOS. The van der Waals surface area contributed by atoms with Gasteiger partial charge >= 0.3 is 0 Å². The summed E-state index contributed by atoms with van der Waals surface area (Å²) in [4.78, 5) is 1.31. The van der Waals surface area contributed by atoms with Crippen molar-refractivity contribution < 1.29 is 5.11 Å². The third kappa shape index (κ3) is 4.09. The number of nitrogens with one attached hydrogen (secondary N) is 1. The highest BCUT2D eigenvalue weighted by molar-refractivity contribution is 9.10. The van der Waals surface area contributed by atoms with E-state index in [-0.39, 0.29) is 12.0 Å². The first-order valence-electron chi connectivity index (χ1n) is 4.58. The first-order valence-corrected chi connectivity index (χ1v) is 6.25. The van der Waals surface area contributed by atoms with Gasteiger partial charge in [-0.2, -0.15) is 0 Å². The van der Waals surface area contributed by atoms with E-state index >= 15 is 0 Å². The fourth-order valence-corrected chi connectivity index (χ4v) is 2.45. The Morgan fingerprint density at radius 1 is 1.57 bits per heavy atom. The zero-order valence-corrected chi connectivity index (χ0v) is 10.9. The van der Waals surface area contributed by atoms with Gasteiger partial charge in [0.1, 0.15) is 0 Å². The van der Waals surface area contributed by atoms with Gasteiger partial charge in [0.25, 0.3) is 0 Å². The lowest BCUT2D eigenvalue weighted by atomic mass is 9.95. The SMILES string of the molecule is CC(C)(CO)CNCc1cc(Br)cs1. The molecule has 4 heteroatoms. The van der Waals surface area contributed by atoms with Gasteiger partial charge in [-0.25, -0.2) is 0 Å². The van der Waals surface area contributed by atoms with E-state index in [0.717, 1.165) is 17.6 Å². The van der Waals surface area contributed by atoms with Crippen LogP contribution >= 0.6 is 27.3 Å². The molecule has 0 fully saturated rings. The van der Waals surface area contributed by atoms with Gasteiger partial charge in [0.15, 0.2) is 0 Å². The van der Waals surface area contributed by atoms with Crippen molar-refractivity contribution in [3.05, 3.63) is 20.8 Å². The molecule has 0 spiro atoms. The third-order valence-corrected chi connectivity index (χ3v) is 3.65. The number of hydrogen-bond acceptors (Lipinski definition) is 3. The van der Waals surface area contributed by atoms with E-state index in [1.54, 1.807) is 11.3 Å². The van der Waals surface area contributed by atoms with Crippen molar-refractivity contribution in [2.24, 2.45) is 5.41 Å². The van der Waals surface area contributed by atoms with Crippen LogP contribution < -0.4 is 5.32 Å². The standard InChI is InChI=1S/C10H16BrNOS/c1-10(2,7-13)6-12-4-9-3-8(11)5-14-9/h3,5,12-13H,4,6-7H2,1-2H3. The zero-order valence-electron chi connectivity index (χ0n) is 8.51. The summed E-state index contributed by atoms with van der Waals surface area (Å²) in [6, 6.07) is 2.11. The minimum Gasteiger partial charge on any atom is -0.396 e. The Labute approximate surface area is 97.5 Å². The number of thiophene rings is 1. The lowest BCUT2D eigenvalue weighted by Gasteiger charge is -2.21. The van der Waals surface area contributed by atoms with Crippen molar-refractivity contribution in [2.45, 2.75) is 20.4 Å². The minimum atomic E-state index is -0.0332. The molecular weight excluding hydrogens is 262 g/mol. The van der Waals surface area contributed by atoms with E-state index in [0.29, 0.717) is 0 Å². The van der Waals surface area contributed by atoms with Crippen LogP contribution in [0.3, 0.4) is 0 Å². The number of halogens is 1. The Kier molecular flexibility index (Phi) is 4.57. The molecule has 0 radical (unpaired) electrons. The van der Waals surface area contributed by atoms with Crippen molar-refractivity contribution in [3.63, 3.8) is 0 Å². The van der Waals surface area contributed by atoms with Crippen LogP contribution in [0.4, 0.5) is 0 Å². The molecule has 0 unspecified atom stereocenters. The molecule has 0 saturated carbocycles. The normalized spacial score (nSPS) is 12.0. The summed E-state index contributed by atoms with van der Waals surface area (Å²) in [6.45, 7) is 6.02. The molecule has 0 aromatic carbocycles. The van der Waals surface area contributed by atoms with Crippen LogP contribution in [0.1, 0.15) is 18.7 Å². The quantitative estimate of drug-likeness (QED) is 0.867. The van der Waals surface area contributed by atoms with Crippen LogP contribution in [0.15, 0.2) is 15.9 Å². The lowest BCUT2D eigenvalue weighted by molar-refractivity contribution is 0.157. The Morgan fingerprint density at radius 2 is 2.29 bits per heavy atom. The summed E-state index contributed by atoms with van der Waals surface area (Å²) in [5.74, 6) is 0. The summed E-state index contributed by atoms with van der Waals surface area (Å²) in [7, 11) is 0. The molecule has 80 valence electrons. The van der Waals surface area contributed by atoms with Gasteiger partial charge in [-0.1, -0.05) is 13.8 Å². The van der Waals surface area contributed by atoms with Gasteiger partial charge in [0.2, 0.25) is 0 Å². The molecule has 0 bridgehead atoms. The Bertz CT molecular complexity index is 285. The number of aliphatic hydroxyl groups excluding tert-OH is 1. The van der Waals surface area contributed by atoms with Gasteiger partial charge in [-0.05, 0) is 22.0 Å². The van der Waals surface area contributed by atoms with Crippen LogP contribution in [-0.4, -0.2) is 18.3 Å². The second-order valence-corrected chi connectivity index (χ2v) is 6.07. The van der Waals surface area contributed by atoms with Crippen molar-refractivity contribution in [3.8, 4) is 0 Å². The van der Waals surface area contributed by atoms with Crippen LogP contribution in [0, 0.1) is 5.41 Å². The van der Waals surface area contributed by atoms with E-state index in [2.05, 4.69) is 32.7 Å². The molecule has 0 saturated heterocycles. The summed E-state index contributed by atoms with van der Waals surface area (Å²) >= 11 is 5.16. The second kappa shape index (κ2) is 5.26. The monoisotopic (exact) mass is 277 g/mol. The highest BCUT2D eigenvalue weighted by Gasteiger charge is 2.15. The van der Waals surface area contributed by atoms with E-state index in [9.17, 15) is 0 Å². The molecule has 0 aliphatic rings. The average Bonchev–Trinajstić information content (AvgIpc) is 2.51. The predicted molar refractivity (Wildman–Crippen MR) is 64.6 cm³/mol. The fraction of sp³-hybridized carbons (Fsp3) is 0.600. The zero-order chi connectivity index (χ0) is 10.6. The minimum absolute atomic E-state index is 0.0332. The number of rotatable bonds is 5. The van der Waals surface area contributed by atoms with Crippen molar-refractivity contribution in [1.82, 2.24) is 5.32 Å². The number of hydrogen-bond donors (Lipinski definition) is 2. The van der Waals surface area contributed by atoms with Crippen LogP contribution in [0.5, 0.6) is 0 Å². The van der Waals surface area contributed by atoms with Gasteiger partial charge < -0.3 is 10.4 Å². The van der Waals surface area contributed by atoms with Gasteiger partial charge in [-0.3, -0.25) is 0 Å². The van der Waals surface area contributed by atoms with Crippen molar-refractivity contribution in [2.75, 3.05) is 13.2 Å². The topological polar surface area (TPSA) is 32.3 Å². The highest BCUT2D eigenvalue weighted by Crippen LogP contribution is 2.19. The lowest BCUT2D eigenvalue weighted by Crippen LogP contribution is -2.31. The molecule has 2 nitrogen and oxygen atoms in total. The van der Waals surface area contributed by atoms with Crippen molar-refractivity contribution >= 4 is 27.3 Å². The molecule has 2 N–H and O–H groups in total. The van der Waals surface area contributed by atoms with E-state index in [4.69, 9.17) is 5.11 Å². The van der Waals surface area contributed by atoms with E-state index in [1.807, 2.05) is 13.8 Å². The molecule has 0 aliphatic heterocycles. The molecule has 0 atom stereocenters. The Balaban J connectivity index is 2.28. The Morgan fingerprint density at radius 3 is 2.79 bits per heavy atom. The maximum atomic E-state index is 9.05. The molecule has 1 aromatic heterocycles. The largest absolute Gasteiger partial charge is 0.396 e. The second-order valence-electron chi connectivity index (χ2n) is 4.16. The van der Waals surface area contributed by atoms with Crippen molar-refractivity contribution in [1.29, 1.82) is 0 Å². The molecule has 0 aliphatic carbocycles. The van der Waals surface area contributed by atoms with Crippen LogP contribution in [0.25, 0.3) is 0 Å². The van der Waals surface area contributed by atoms with Gasteiger partial charge in [0.05, 0.1) is 0 Å². The highest BCUT2D eigenvalue weighted by atomic mass is 79.9. The average molecular weight is 278 g/mol. The summed E-state index contributed by atoms with van der Waals surface area (Å²) in [5, 5.41) is 14.5. The molecule has 0 amide bonds. The first-order chi connectivity index (χ1) is 6.53. The number of aliphatic hydroxyl groups is 1. The van der Waals surface area contributed by atoms with Gasteiger partial charge in [-0.15, -0.1) is 11.3 Å². The van der Waals surface area contributed by atoms with Crippen LogP contribution in [0.2, 0.25) is 0 Å². The molecule has 14 heavy (non-hydrogen) atoms. The van der Waals surface area contributed by atoms with Gasteiger partial charge in [0, 0.05) is 39.8 Å². The molecule has 1 rings (SSSR count). The smallest absolute Gasteiger partial charge is 0.0494 e. The summed E-state index contributed by atoms with van der Waals surface area (Å²) in [6.07, 6.45) is 0. The molecule has 1 aromatic rings. The maximum Gasteiger partial charge on any atom is 0.0494 e. The van der Waals surface area contributed by atoms with Crippen LogP contribution in [-0.2, 0) is 6.54 Å². The summed E-state index contributed by atoms with van der Waals surface area (Å²) in [5.41, 5.74) is -0.0332. The van der Waals surface area contributed by atoms with E-state index in [1.165, 1.54) is 4.88 Å². The van der Waals surface area contributed by atoms with E-state index < -0.39 is 0 Å². The predicted octanol–water partition coefficient (Wildman–Crippen LogP) is 2.62. The first kappa shape index (κ1) is 12.2. The molecule has 1 heterocycles. The Hall–Kier alpha value is 0.1000.